The zero-order valence-corrected chi connectivity index (χ0v) is 16.3. The van der Waals surface area contributed by atoms with Crippen molar-refractivity contribution in [2.24, 2.45) is 0 Å². The Morgan fingerprint density at radius 3 is 2.03 bits per heavy atom. The van der Waals surface area contributed by atoms with Crippen molar-refractivity contribution in [3.05, 3.63) is 74.3 Å². The molecule has 0 aromatic heterocycles. The number of nitro groups is 2. The summed E-state index contributed by atoms with van der Waals surface area (Å²) in [5, 5.41) is 24.2. The van der Waals surface area contributed by atoms with E-state index in [4.69, 9.17) is 0 Å². The predicted molar refractivity (Wildman–Crippen MR) is 104 cm³/mol. The van der Waals surface area contributed by atoms with Crippen LogP contribution in [0.4, 0.5) is 53.5 Å². The predicted octanol–water partition coefficient (Wildman–Crippen LogP) is 6.66. The van der Waals surface area contributed by atoms with E-state index >= 15 is 0 Å². The first-order valence-corrected chi connectivity index (χ1v) is 8.90. The number of benzene rings is 3. The zero-order valence-electron chi connectivity index (χ0n) is 16.3. The summed E-state index contributed by atoms with van der Waals surface area (Å²) in [5.41, 5.74) is -5.64. The van der Waals surface area contributed by atoms with Crippen molar-refractivity contribution in [1.29, 1.82) is 0 Å². The smallest absolute Gasteiger partial charge is 0.428 e. The monoisotopic (exact) mass is 493 g/mol. The van der Waals surface area contributed by atoms with Crippen LogP contribution in [-0.4, -0.2) is 22.4 Å². The minimum absolute atomic E-state index is 0.0954. The number of rotatable bonds is 7. The average Bonchev–Trinajstić information content (AvgIpc) is 2.74. The fourth-order valence-corrected chi connectivity index (χ4v) is 3.01. The standard InChI is InChI=1S/C19H10F7N3O5/c20-17(21)19(25,26)34-15-6-5-13(10-3-1-2-4-11(10)15)27-16-12(18(22,23)24)7-9(28(30)31)8-14(16)29(32)33/h1-8,17,27H. The van der Waals surface area contributed by atoms with Crippen LogP contribution in [0.1, 0.15) is 5.56 Å². The molecular weight excluding hydrogens is 483 g/mol. The largest absolute Gasteiger partial charge is 0.461 e. The van der Waals surface area contributed by atoms with Crippen molar-refractivity contribution in [3.63, 3.8) is 0 Å². The highest BCUT2D eigenvalue weighted by Gasteiger charge is 2.44. The SMILES string of the molecule is O=[N+]([O-])c1cc([N+](=O)[O-])c(Nc2ccc(OC(F)(F)C(F)F)c3ccccc23)c(C(F)(F)F)c1. The molecule has 0 fully saturated rings. The Hall–Kier alpha value is -4.17. The molecule has 0 unspecified atom stereocenters. The maximum atomic E-state index is 13.6. The van der Waals surface area contributed by atoms with Gasteiger partial charge in [-0.1, -0.05) is 24.3 Å². The second kappa shape index (κ2) is 8.64. The molecule has 1 N–H and O–H groups in total. The normalized spacial score (nSPS) is 12.1. The van der Waals surface area contributed by atoms with Crippen LogP contribution in [-0.2, 0) is 6.18 Å². The molecule has 0 heterocycles. The number of nitrogens with one attached hydrogen (secondary N) is 1. The van der Waals surface area contributed by atoms with Gasteiger partial charge in [0.05, 0.1) is 21.5 Å². The van der Waals surface area contributed by atoms with Crippen LogP contribution in [0.5, 0.6) is 5.75 Å². The maximum Gasteiger partial charge on any atom is 0.461 e. The summed E-state index contributed by atoms with van der Waals surface area (Å²) >= 11 is 0. The van der Waals surface area contributed by atoms with Crippen molar-refractivity contribution >= 4 is 33.5 Å². The van der Waals surface area contributed by atoms with E-state index in [1.807, 2.05) is 0 Å². The van der Waals surface area contributed by atoms with E-state index in [-0.39, 0.29) is 22.5 Å². The summed E-state index contributed by atoms with van der Waals surface area (Å²) in [4.78, 5) is 19.9. The molecular formula is C19H10F7N3O5. The summed E-state index contributed by atoms with van der Waals surface area (Å²) in [5.74, 6) is -0.735. The van der Waals surface area contributed by atoms with Crippen molar-refractivity contribution < 1.29 is 45.3 Å². The van der Waals surface area contributed by atoms with Gasteiger partial charge in [-0.05, 0) is 12.1 Å². The number of hydrogen-bond donors (Lipinski definition) is 1. The quantitative estimate of drug-likeness (QED) is 0.224. The molecule has 0 saturated heterocycles. The van der Waals surface area contributed by atoms with Crippen molar-refractivity contribution in [3.8, 4) is 5.75 Å². The minimum Gasteiger partial charge on any atom is -0.428 e. The fourth-order valence-electron chi connectivity index (χ4n) is 3.01. The molecule has 0 aliphatic carbocycles. The van der Waals surface area contributed by atoms with Crippen molar-refractivity contribution in [1.82, 2.24) is 0 Å². The van der Waals surface area contributed by atoms with E-state index in [0.717, 1.165) is 18.2 Å². The number of anilines is 2. The van der Waals surface area contributed by atoms with E-state index in [0.29, 0.717) is 6.07 Å². The van der Waals surface area contributed by atoms with Crippen LogP contribution in [0, 0.1) is 20.2 Å². The number of alkyl halides is 7. The van der Waals surface area contributed by atoms with Gasteiger partial charge in [-0.3, -0.25) is 20.2 Å². The molecule has 3 aromatic carbocycles. The Morgan fingerprint density at radius 2 is 1.50 bits per heavy atom. The summed E-state index contributed by atoms with van der Waals surface area (Å²) in [6, 6.07) is 7.03. The topological polar surface area (TPSA) is 108 Å². The lowest BCUT2D eigenvalue weighted by molar-refractivity contribution is -0.394. The third kappa shape index (κ3) is 4.77. The molecule has 3 rings (SSSR count). The number of halogens is 7. The van der Waals surface area contributed by atoms with Crippen molar-refractivity contribution in [2.75, 3.05) is 5.32 Å². The second-order valence-corrected chi connectivity index (χ2v) is 6.65. The number of hydrogen-bond acceptors (Lipinski definition) is 6. The van der Waals surface area contributed by atoms with Gasteiger partial charge in [-0.15, -0.1) is 0 Å². The lowest BCUT2D eigenvalue weighted by atomic mass is 10.1. The molecule has 15 heteroatoms. The van der Waals surface area contributed by atoms with Crippen LogP contribution >= 0.6 is 0 Å². The molecule has 0 amide bonds. The Bertz CT molecular complexity index is 1280. The molecule has 3 aromatic rings. The average molecular weight is 493 g/mol. The lowest BCUT2D eigenvalue weighted by Crippen LogP contribution is -2.33. The number of fused-ring (bicyclic) bond motifs is 1. The number of nitro benzene ring substituents is 2. The lowest BCUT2D eigenvalue weighted by Gasteiger charge is -2.20. The van der Waals surface area contributed by atoms with Gasteiger partial charge in [0.2, 0.25) is 0 Å². The summed E-state index contributed by atoms with van der Waals surface area (Å²) < 4.78 is 96.8. The first-order valence-electron chi connectivity index (χ1n) is 8.90. The third-order valence-electron chi connectivity index (χ3n) is 4.46. The van der Waals surface area contributed by atoms with Gasteiger partial charge in [0.25, 0.3) is 11.4 Å². The number of ether oxygens (including phenoxy) is 1. The van der Waals surface area contributed by atoms with E-state index in [1.54, 1.807) is 0 Å². The molecule has 8 nitrogen and oxygen atoms in total. The third-order valence-corrected chi connectivity index (χ3v) is 4.46. The van der Waals surface area contributed by atoms with Gasteiger partial charge in [-0.2, -0.15) is 30.7 Å². The van der Waals surface area contributed by atoms with Crippen LogP contribution < -0.4 is 10.1 Å². The van der Waals surface area contributed by atoms with Crippen LogP contribution in [0.25, 0.3) is 10.8 Å². The number of nitrogens with zero attached hydrogens (tertiary/aromatic N) is 2. The van der Waals surface area contributed by atoms with E-state index in [2.05, 4.69) is 10.1 Å². The summed E-state index contributed by atoms with van der Waals surface area (Å²) in [7, 11) is 0. The summed E-state index contributed by atoms with van der Waals surface area (Å²) in [6.45, 7) is 0. The van der Waals surface area contributed by atoms with E-state index in [1.165, 1.54) is 18.2 Å². The summed E-state index contributed by atoms with van der Waals surface area (Å²) in [6.07, 6.45) is -14.3. The Labute approximate surface area is 183 Å². The van der Waals surface area contributed by atoms with Crippen LogP contribution in [0.3, 0.4) is 0 Å². The highest BCUT2D eigenvalue weighted by molar-refractivity contribution is 6.00. The molecule has 0 atom stereocenters. The van der Waals surface area contributed by atoms with Gasteiger partial charge in [0.15, 0.2) is 0 Å². The maximum absolute atomic E-state index is 13.6. The van der Waals surface area contributed by atoms with Gasteiger partial charge in [-0.25, -0.2) is 0 Å². The van der Waals surface area contributed by atoms with E-state index in [9.17, 15) is 51.0 Å². The molecule has 34 heavy (non-hydrogen) atoms. The molecule has 0 aliphatic rings. The Kier molecular flexibility index (Phi) is 6.22. The Balaban J connectivity index is 2.21. The van der Waals surface area contributed by atoms with Gasteiger partial charge in [0.1, 0.15) is 11.4 Å². The highest BCUT2D eigenvalue weighted by atomic mass is 19.4. The molecule has 0 saturated carbocycles. The second-order valence-electron chi connectivity index (χ2n) is 6.65. The molecule has 0 spiro atoms. The fraction of sp³-hybridized carbons (Fsp3) is 0.158. The highest BCUT2D eigenvalue weighted by Crippen LogP contribution is 2.45. The van der Waals surface area contributed by atoms with Gasteiger partial charge >= 0.3 is 18.7 Å². The van der Waals surface area contributed by atoms with E-state index < -0.39 is 56.9 Å². The van der Waals surface area contributed by atoms with Crippen LogP contribution in [0.15, 0.2) is 48.5 Å². The van der Waals surface area contributed by atoms with Crippen LogP contribution in [0.2, 0.25) is 0 Å². The molecule has 0 aliphatic heterocycles. The first kappa shape index (κ1) is 24.5. The molecule has 180 valence electrons. The molecule has 0 radical (unpaired) electrons. The first-order chi connectivity index (χ1) is 15.7. The number of non-ortho nitro benzene ring substituents is 1. The zero-order chi connectivity index (χ0) is 25.4. The van der Waals surface area contributed by atoms with Gasteiger partial charge in [0, 0.05) is 22.5 Å². The Morgan fingerprint density at radius 1 is 0.882 bits per heavy atom. The van der Waals surface area contributed by atoms with Gasteiger partial charge < -0.3 is 10.1 Å². The van der Waals surface area contributed by atoms with Crippen molar-refractivity contribution in [2.45, 2.75) is 18.7 Å². The molecule has 0 bridgehead atoms. The minimum atomic E-state index is -5.27.